The maximum atomic E-state index is 5.70. The summed E-state index contributed by atoms with van der Waals surface area (Å²) in [6, 6.07) is 7.56. The number of nitrogens with zero attached hydrogens (tertiary/aromatic N) is 2. The average molecular weight is 285 g/mol. The fourth-order valence-electron chi connectivity index (χ4n) is 3.26. The highest BCUT2D eigenvalue weighted by Gasteiger charge is 2.25. The Balaban J connectivity index is 1.67. The molecule has 1 saturated carbocycles. The lowest BCUT2D eigenvalue weighted by molar-refractivity contribution is 0.296. The van der Waals surface area contributed by atoms with E-state index in [1.54, 1.807) is 0 Å². The van der Waals surface area contributed by atoms with E-state index in [1.807, 2.05) is 24.3 Å². The highest BCUT2D eigenvalue weighted by atomic mass is 16.5. The minimum atomic E-state index is 0.462. The SMILES string of the molecule is CCCC1CCC(c2noc(-c3ccc(N)cc3)n2)CC1. The molecule has 0 unspecified atom stereocenters. The largest absolute Gasteiger partial charge is 0.399 e. The summed E-state index contributed by atoms with van der Waals surface area (Å²) in [6.45, 7) is 2.27. The zero-order valence-electron chi connectivity index (χ0n) is 12.6. The van der Waals surface area contributed by atoms with Gasteiger partial charge in [0.15, 0.2) is 5.82 Å². The van der Waals surface area contributed by atoms with Crippen LogP contribution in [0, 0.1) is 5.92 Å². The van der Waals surface area contributed by atoms with Crippen molar-refractivity contribution >= 4 is 5.69 Å². The van der Waals surface area contributed by atoms with Crippen LogP contribution < -0.4 is 5.73 Å². The Hall–Kier alpha value is -1.84. The van der Waals surface area contributed by atoms with Crippen LogP contribution in [0.2, 0.25) is 0 Å². The van der Waals surface area contributed by atoms with Gasteiger partial charge in [-0.3, -0.25) is 0 Å². The zero-order valence-corrected chi connectivity index (χ0v) is 12.6. The Morgan fingerprint density at radius 2 is 1.86 bits per heavy atom. The predicted octanol–water partition coefficient (Wildman–Crippen LogP) is 4.39. The lowest BCUT2D eigenvalue weighted by atomic mass is 9.80. The zero-order chi connectivity index (χ0) is 14.7. The second-order valence-electron chi connectivity index (χ2n) is 6.09. The van der Waals surface area contributed by atoms with Gasteiger partial charge in [-0.25, -0.2) is 0 Å². The molecule has 0 atom stereocenters. The Morgan fingerprint density at radius 1 is 1.14 bits per heavy atom. The second-order valence-corrected chi connectivity index (χ2v) is 6.09. The molecule has 112 valence electrons. The van der Waals surface area contributed by atoms with Gasteiger partial charge in [0, 0.05) is 17.2 Å². The van der Waals surface area contributed by atoms with Gasteiger partial charge in [-0.1, -0.05) is 24.9 Å². The minimum Gasteiger partial charge on any atom is -0.399 e. The number of anilines is 1. The van der Waals surface area contributed by atoms with Crippen molar-refractivity contribution in [3.8, 4) is 11.5 Å². The molecule has 1 fully saturated rings. The molecule has 0 aliphatic heterocycles. The van der Waals surface area contributed by atoms with Crippen molar-refractivity contribution in [2.24, 2.45) is 5.92 Å². The van der Waals surface area contributed by atoms with Crippen molar-refractivity contribution in [3.05, 3.63) is 30.1 Å². The van der Waals surface area contributed by atoms with E-state index in [2.05, 4.69) is 17.1 Å². The number of benzene rings is 1. The van der Waals surface area contributed by atoms with Gasteiger partial charge in [-0.05, 0) is 55.9 Å². The Kier molecular flexibility index (Phi) is 4.23. The highest BCUT2D eigenvalue weighted by Crippen LogP contribution is 2.36. The van der Waals surface area contributed by atoms with Crippen molar-refractivity contribution in [2.45, 2.75) is 51.4 Å². The molecule has 4 nitrogen and oxygen atoms in total. The summed E-state index contributed by atoms with van der Waals surface area (Å²) in [5.74, 6) is 2.83. The summed E-state index contributed by atoms with van der Waals surface area (Å²) >= 11 is 0. The monoisotopic (exact) mass is 285 g/mol. The number of rotatable bonds is 4. The first kappa shape index (κ1) is 14.1. The van der Waals surface area contributed by atoms with Gasteiger partial charge in [-0.2, -0.15) is 4.98 Å². The summed E-state index contributed by atoms with van der Waals surface area (Å²) in [6.07, 6.45) is 7.61. The van der Waals surface area contributed by atoms with Gasteiger partial charge in [0.2, 0.25) is 0 Å². The van der Waals surface area contributed by atoms with Crippen LogP contribution in [-0.4, -0.2) is 10.1 Å². The fraction of sp³-hybridized carbons (Fsp3) is 0.529. The first-order valence-corrected chi connectivity index (χ1v) is 7.95. The summed E-state index contributed by atoms with van der Waals surface area (Å²) in [7, 11) is 0. The van der Waals surface area contributed by atoms with Crippen LogP contribution in [0.3, 0.4) is 0 Å². The van der Waals surface area contributed by atoms with Crippen LogP contribution in [0.4, 0.5) is 5.69 Å². The van der Waals surface area contributed by atoms with Crippen molar-refractivity contribution in [2.75, 3.05) is 5.73 Å². The molecular weight excluding hydrogens is 262 g/mol. The van der Waals surface area contributed by atoms with E-state index in [9.17, 15) is 0 Å². The van der Waals surface area contributed by atoms with E-state index in [0.29, 0.717) is 11.8 Å². The van der Waals surface area contributed by atoms with Crippen LogP contribution in [-0.2, 0) is 0 Å². The van der Waals surface area contributed by atoms with Gasteiger partial charge < -0.3 is 10.3 Å². The van der Waals surface area contributed by atoms with Crippen molar-refractivity contribution in [1.82, 2.24) is 10.1 Å². The van der Waals surface area contributed by atoms with Crippen LogP contribution in [0.5, 0.6) is 0 Å². The fourth-order valence-corrected chi connectivity index (χ4v) is 3.26. The Labute approximate surface area is 125 Å². The van der Waals surface area contributed by atoms with Gasteiger partial charge >= 0.3 is 0 Å². The molecule has 0 spiro atoms. The number of aromatic nitrogens is 2. The van der Waals surface area contributed by atoms with E-state index < -0.39 is 0 Å². The van der Waals surface area contributed by atoms with Gasteiger partial charge in [0.1, 0.15) is 0 Å². The van der Waals surface area contributed by atoms with E-state index in [1.165, 1.54) is 38.5 Å². The van der Waals surface area contributed by atoms with E-state index >= 15 is 0 Å². The molecule has 4 heteroatoms. The molecule has 0 amide bonds. The van der Waals surface area contributed by atoms with Gasteiger partial charge in [0.05, 0.1) is 0 Å². The molecule has 2 aromatic rings. The molecule has 1 aromatic heterocycles. The third kappa shape index (κ3) is 3.26. The number of hydrogen-bond acceptors (Lipinski definition) is 4. The van der Waals surface area contributed by atoms with Crippen molar-refractivity contribution in [1.29, 1.82) is 0 Å². The molecule has 2 N–H and O–H groups in total. The molecule has 3 rings (SSSR count). The third-order valence-corrected chi connectivity index (χ3v) is 4.51. The number of nitrogen functional groups attached to an aromatic ring is 1. The van der Waals surface area contributed by atoms with E-state index in [4.69, 9.17) is 10.3 Å². The smallest absolute Gasteiger partial charge is 0.257 e. The molecule has 1 aliphatic rings. The Bertz CT molecular complexity index is 568. The molecule has 0 saturated heterocycles. The molecule has 1 aromatic carbocycles. The summed E-state index contributed by atoms with van der Waals surface area (Å²) in [4.78, 5) is 4.59. The number of nitrogens with two attached hydrogens (primary N) is 1. The van der Waals surface area contributed by atoms with Gasteiger partial charge in [-0.15, -0.1) is 0 Å². The lowest BCUT2D eigenvalue weighted by Gasteiger charge is -2.26. The van der Waals surface area contributed by atoms with Crippen molar-refractivity contribution in [3.63, 3.8) is 0 Å². The maximum absolute atomic E-state index is 5.70. The molecule has 21 heavy (non-hydrogen) atoms. The van der Waals surface area contributed by atoms with Crippen LogP contribution in [0.15, 0.2) is 28.8 Å². The van der Waals surface area contributed by atoms with E-state index in [-0.39, 0.29) is 0 Å². The van der Waals surface area contributed by atoms with Crippen molar-refractivity contribution < 1.29 is 4.52 Å². The first-order chi connectivity index (χ1) is 10.3. The van der Waals surface area contributed by atoms with E-state index in [0.717, 1.165) is 23.0 Å². The van der Waals surface area contributed by atoms with Crippen LogP contribution in [0.25, 0.3) is 11.5 Å². The molecule has 1 aliphatic carbocycles. The number of hydrogen-bond donors (Lipinski definition) is 1. The predicted molar refractivity (Wildman–Crippen MR) is 83.8 cm³/mol. The lowest BCUT2D eigenvalue weighted by Crippen LogP contribution is -2.14. The van der Waals surface area contributed by atoms with Crippen LogP contribution >= 0.6 is 0 Å². The first-order valence-electron chi connectivity index (χ1n) is 7.95. The average Bonchev–Trinajstić information content (AvgIpc) is 2.99. The topological polar surface area (TPSA) is 64.9 Å². The third-order valence-electron chi connectivity index (χ3n) is 4.51. The van der Waals surface area contributed by atoms with Crippen LogP contribution in [0.1, 0.15) is 57.2 Å². The molecule has 0 bridgehead atoms. The second kappa shape index (κ2) is 6.29. The standard InChI is InChI=1S/C17H23N3O/c1-2-3-12-4-6-13(7-5-12)16-19-17(21-20-16)14-8-10-15(18)11-9-14/h8-13H,2-7,18H2,1H3. The minimum absolute atomic E-state index is 0.462. The summed E-state index contributed by atoms with van der Waals surface area (Å²) < 4.78 is 5.42. The summed E-state index contributed by atoms with van der Waals surface area (Å²) in [5, 5.41) is 4.19. The maximum Gasteiger partial charge on any atom is 0.257 e. The highest BCUT2D eigenvalue weighted by molar-refractivity contribution is 5.56. The Morgan fingerprint density at radius 3 is 2.52 bits per heavy atom. The van der Waals surface area contributed by atoms with Gasteiger partial charge in [0.25, 0.3) is 5.89 Å². The molecular formula is C17H23N3O. The molecule has 1 heterocycles. The molecule has 0 radical (unpaired) electrons. The quantitative estimate of drug-likeness (QED) is 0.846. The normalized spacial score (nSPS) is 22.3. The summed E-state index contributed by atoms with van der Waals surface area (Å²) in [5.41, 5.74) is 7.37.